The zero-order valence-corrected chi connectivity index (χ0v) is 6.29. The number of aryl methyl sites for hydroxylation is 2. The van der Waals surface area contributed by atoms with Gasteiger partial charge in [0, 0.05) is 10.4 Å². The van der Waals surface area contributed by atoms with E-state index in [-0.39, 0.29) is 5.43 Å². The summed E-state index contributed by atoms with van der Waals surface area (Å²) in [6.07, 6.45) is 0. The Morgan fingerprint density at radius 1 is 1.44 bits per heavy atom. The fraction of sp³-hybridized carbons (Fsp3) is 0.286. The van der Waals surface area contributed by atoms with E-state index in [4.69, 9.17) is 0 Å². The van der Waals surface area contributed by atoms with Crippen molar-refractivity contribution in [3.63, 3.8) is 0 Å². The van der Waals surface area contributed by atoms with Crippen molar-refractivity contribution < 1.29 is 0 Å². The average molecular weight is 140 g/mol. The molecule has 0 radical (unpaired) electrons. The van der Waals surface area contributed by atoms with Gasteiger partial charge in [-0.1, -0.05) is 0 Å². The van der Waals surface area contributed by atoms with Gasteiger partial charge in [0.1, 0.15) is 0 Å². The van der Waals surface area contributed by atoms with E-state index < -0.39 is 0 Å². The fourth-order valence-corrected chi connectivity index (χ4v) is 1.23. The molecule has 0 atom stereocenters. The zero-order chi connectivity index (χ0) is 6.85. The van der Waals surface area contributed by atoms with E-state index in [1.807, 2.05) is 19.2 Å². The van der Waals surface area contributed by atoms with E-state index in [9.17, 15) is 4.79 Å². The Hall–Kier alpha value is -0.630. The minimum Gasteiger partial charge on any atom is -0.290 e. The summed E-state index contributed by atoms with van der Waals surface area (Å²) >= 11 is 1.61. The Kier molecular flexibility index (Phi) is 1.67. The van der Waals surface area contributed by atoms with Crippen molar-refractivity contribution in [1.82, 2.24) is 0 Å². The summed E-state index contributed by atoms with van der Waals surface area (Å²) in [5, 5.41) is 1.89. The van der Waals surface area contributed by atoms with Crippen LogP contribution in [0.4, 0.5) is 0 Å². The predicted molar refractivity (Wildman–Crippen MR) is 40.1 cm³/mol. The van der Waals surface area contributed by atoms with Gasteiger partial charge >= 0.3 is 0 Å². The van der Waals surface area contributed by atoms with Gasteiger partial charge in [-0.25, -0.2) is 0 Å². The molecular weight excluding hydrogens is 132 g/mol. The molecule has 1 heterocycles. The molecule has 1 aromatic heterocycles. The Bertz CT molecular complexity index is 262. The second-order valence-electron chi connectivity index (χ2n) is 2.04. The third-order valence-electron chi connectivity index (χ3n) is 1.14. The molecule has 9 heavy (non-hydrogen) atoms. The van der Waals surface area contributed by atoms with Crippen LogP contribution in [0.5, 0.6) is 0 Å². The lowest BCUT2D eigenvalue weighted by Crippen LogP contribution is -2.00. The summed E-state index contributed by atoms with van der Waals surface area (Å²) in [6, 6.07) is 1.67. The molecule has 0 spiro atoms. The van der Waals surface area contributed by atoms with E-state index in [2.05, 4.69) is 0 Å². The first-order valence-corrected chi connectivity index (χ1v) is 3.64. The summed E-state index contributed by atoms with van der Waals surface area (Å²) < 4.78 is 0. The SMILES string of the molecule is Cc1cc(=O)c(C)cs1. The average Bonchev–Trinajstić information content (AvgIpc) is 1.80. The van der Waals surface area contributed by atoms with E-state index >= 15 is 0 Å². The molecule has 0 saturated heterocycles. The second-order valence-corrected chi connectivity index (χ2v) is 3.15. The molecule has 0 saturated carbocycles. The van der Waals surface area contributed by atoms with Crippen LogP contribution in [-0.4, -0.2) is 0 Å². The Labute approximate surface area is 58.0 Å². The van der Waals surface area contributed by atoms with Gasteiger partial charge in [0.25, 0.3) is 0 Å². The maximum atomic E-state index is 10.8. The van der Waals surface area contributed by atoms with E-state index in [0.717, 1.165) is 10.4 Å². The minimum absolute atomic E-state index is 0.145. The lowest BCUT2D eigenvalue weighted by Gasteiger charge is -1.88. The maximum Gasteiger partial charge on any atom is 0.183 e. The molecule has 0 N–H and O–H groups in total. The van der Waals surface area contributed by atoms with Crippen LogP contribution in [-0.2, 0) is 0 Å². The first kappa shape index (κ1) is 6.49. The molecule has 0 aliphatic heterocycles. The highest BCUT2D eigenvalue weighted by Gasteiger charge is 1.90. The Balaban J connectivity index is 3.34. The third kappa shape index (κ3) is 1.39. The van der Waals surface area contributed by atoms with E-state index in [1.165, 1.54) is 0 Å². The van der Waals surface area contributed by atoms with Crippen molar-refractivity contribution in [3.05, 3.63) is 32.1 Å². The molecule has 2 heteroatoms. The number of hydrogen-bond donors (Lipinski definition) is 0. The van der Waals surface area contributed by atoms with Crippen LogP contribution in [0.1, 0.15) is 10.4 Å². The van der Waals surface area contributed by atoms with Gasteiger partial charge in [-0.2, -0.15) is 0 Å². The normalized spacial score (nSPS) is 9.56. The van der Waals surface area contributed by atoms with Crippen molar-refractivity contribution >= 4 is 11.3 Å². The summed E-state index contributed by atoms with van der Waals surface area (Å²) in [5.41, 5.74) is 0.983. The Morgan fingerprint density at radius 3 is 2.56 bits per heavy atom. The van der Waals surface area contributed by atoms with Crippen molar-refractivity contribution in [3.8, 4) is 0 Å². The van der Waals surface area contributed by atoms with Gasteiger partial charge in [0.05, 0.1) is 0 Å². The van der Waals surface area contributed by atoms with Crippen molar-refractivity contribution in [2.75, 3.05) is 0 Å². The molecule has 0 bridgehead atoms. The fourth-order valence-electron chi connectivity index (χ4n) is 0.572. The van der Waals surface area contributed by atoms with Crippen molar-refractivity contribution in [1.29, 1.82) is 0 Å². The molecule has 1 aromatic rings. The molecule has 0 amide bonds. The van der Waals surface area contributed by atoms with Gasteiger partial charge in [-0.05, 0) is 25.3 Å². The van der Waals surface area contributed by atoms with Gasteiger partial charge in [-0.3, -0.25) is 4.79 Å². The molecule has 1 nitrogen and oxygen atoms in total. The van der Waals surface area contributed by atoms with E-state index in [1.54, 1.807) is 17.4 Å². The highest BCUT2D eigenvalue weighted by Crippen LogP contribution is 2.02. The second kappa shape index (κ2) is 2.31. The highest BCUT2D eigenvalue weighted by atomic mass is 32.1. The molecule has 0 fully saturated rings. The summed E-state index contributed by atoms with van der Waals surface area (Å²) in [5.74, 6) is 0. The number of hydrogen-bond acceptors (Lipinski definition) is 2. The summed E-state index contributed by atoms with van der Waals surface area (Å²) in [7, 11) is 0. The molecule has 0 aliphatic rings. The van der Waals surface area contributed by atoms with Crippen LogP contribution in [0.2, 0.25) is 0 Å². The molecule has 0 aromatic carbocycles. The van der Waals surface area contributed by atoms with E-state index in [0.29, 0.717) is 0 Å². The monoisotopic (exact) mass is 140 g/mol. The topological polar surface area (TPSA) is 17.1 Å². The van der Waals surface area contributed by atoms with Gasteiger partial charge in [0.15, 0.2) is 5.43 Å². The predicted octanol–water partition coefficient (Wildman–Crippen LogP) is 1.73. The quantitative estimate of drug-likeness (QED) is 0.536. The zero-order valence-electron chi connectivity index (χ0n) is 5.47. The third-order valence-corrected chi connectivity index (χ3v) is 2.11. The minimum atomic E-state index is 0.145. The Morgan fingerprint density at radius 2 is 2.11 bits per heavy atom. The summed E-state index contributed by atoms with van der Waals surface area (Å²) in [4.78, 5) is 11.9. The van der Waals surface area contributed by atoms with Gasteiger partial charge in [-0.15, -0.1) is 11.3 Å². The highest BCUT2D eigenvalue weighted by molar-refractivity contribution is 7.09. The van der Waals surface area contributed by atoms with Crippen LogP contribution >= 0.6 is 11.3 Å². The summed E-state index contributed by atoms with van der Waals surface area (Å²) in [6.45, 7) is 3.77. The molecule has 0 unspecified atom stereocenters. The first-order chi connectivity index (χ1) is 4.20. The van der Waals surface area contributed by atoms with Crippen LogP contribution in [0.15, 0.2) is 16.2 Å². The van der Waals surface area contributed by atoms with Crippen LogP contribution in [0.3, 0.4) is 0 Å². The lowest BCUT2D eigenvalue weighted by atomic mass is 10.3. The van der Waals surface area contributed by atoms with Crippen LogP contribution < -0.4 is 5.43 Å². The molecular formula is C7H8OS. The first-order valence-electron chi connectivity index (χ1n) is 2.76. The smallest absolute Gasteiger partial charge is 0.183 e. The largest absolute Gasteiger partial charge is 0.290 e. The van der Waals surface area contributed by atoms with Gasteiger partial charge in [0.2, 0.25) is 0 Å². The number of rotatable bonds is 0. The van der Waals surface area contributed by atoms with Crippen LogP contribution in [0.25, 0.3) is 0 Å². The van der Waals surface area contributed by atoms with Crippen molar-refractivity contribution in [2.45, 2.75) is 13.8 Å². The van der Waals surface area contributed by atoms with Crippen molar-refractivity contribution in [2.24, 2.45) is 0 Å². The molecule has 0 aliphatic carbocycles. The molecule has 1 rings (SSSR count). The molecule has 48 valence electrons. The van der Waals surface area contributed by atoms with Crippen LogP contribution in [0, 0.1) is 13.8 Å². The maximum absolute atomic E-state index is 10.8. The standard InChI is InChI=1S/C7H8OS/c1-5-4-9-6(2)3-7(5)8/h3-4H,1-2H3. The van der Waals surface area contributed by atoms with Gasteiger partial charge < -0.3 is 0 Å². The lowest BCUT2D eigenvalue weighted by molar-refractivity contribution is 1.41.